The van der Waals surface area contributed by atoms with E-state index in [1.165, 1.54) is 17.5 Å². The lowest BCUT2D eigenvalue weighted by atomic mass is 10.2. The first-order valence-electron chi connectivity index (χ1n) is 8.19. The summed E-state index contributed by atoms with van der Waals surface area (Å²) in [5, 5.41) is 10.5. The third-order valence-corrected chi connectivity index (χ3v) is 4.78. The molecule has 0 spiro atoms. The fourth-order valence-electron chi connectivity index (χ4n) is 2.40. The molecule has 0 saturated heterocycles. The molecule has 11 heteroatoms. The summed E-state index contributed by atoms with van der Waals surface area (Å²) in [5.74, 6) is -0.442. The molecule has 0 atom stereocenters. The van der Waals surface area contributed by atoms with E-state index in [-0.39, 0.29) is 11.5 Å². The van der Waals surface area contributed by atoms with Crippen molar-refractivity contribution in [1.29, 1.82) is 0 Å². The Bertz CT molecular complexity index is 1140. The van der Waals surface area contributed by atoms with Crippen LogP contribution in [0.2, 0.25) is 0 Å². The zero-order valence-electron chi connectivity index (χ0n) is 14.5. The van der Waals surface area contributed by atoms with Gasteiger partial charge in [0.15, 0.2) is 16.6 Å². The third-order valence-electron chi connectivity index (χ3n) is 3.82. The number of hydrogen-bond acceptors (Lipinski definition) is 6. The maximum atomic E-state index is 12.6. The molecule has 7 nitrogen and oxygen atoms in total. The molecule has 1 amide bonds. The van der Waals surface area contributed by atoms with Crippen LogP contribution in [0.5, 0.6) is 0 Å². The molecule has 0 bridgehead atoms. The van der Waals surface area contributed by atoms with E-state index in [2.05, 4.69) is 25.6 Å². The molecule has 0 fully saturated rings. The van der Waals surface area contributed by atoms with Gasteiger partial charge in [-0.2, -0.15) is 13.2 Å². The minimum absolute atomic E-state index is 0.0249. The van der Waals surface area contributed by atoms with Crippen LogP contribution in [-0.4, -0.2) is 30.9 Å². The van der Waals surface area contributed by atoms with Crippen molar-refractivity contribution in [3.63, 3.8) is 0 Å². The first-order chi connectivity index (χ1) is 13.9. The number of carbonyl (C=O) groups is 1. The highest BCUT2D eigenvalue weighted by Gasteiger charge is 2.30. The number of benzene rings is 1. The summed E-state index contributed by atoms with van der Waals surface area (Å²) >= 11 is 1.30. The number of halogens is 3. The van der Waals surface area contributed by atoms with Crippen LogP contribution < -0.4 is 5.32 Å². The summed E-state index contributed by atoms with van der Waals surface area (Å²) in [6.07, 6.45) is -0.863. The number of thiazole rings is 1. The Morgan fingerprint density at radius 3 is 2.52 bits per heavy atom. The van der Waals surface area contributed by atoms with Gasteiger partial charge >= 0.3 is 6.18 Å². The van der Waals surface area contributed by atoms with E-state index in [1.807, 2.05) is 30.3 Å². The number of anilines is 1. The van der Waals surface area contributed by atoms with Crippen molar-refractivity contribution in [2.75, 3.05) is 5.32 Å². The number of pyridine rings is 1. The number of hydrogen-bond donors (Lipinski definition) is 1. The van der Waals surface area contributed by atoms with Crippen molar-refractivity contribution in [2.45, 2.75) is 6.18 Å². The second kappa shape index (κ2) is 7.43. The second-order valence-corrected chi connectivity index (χ2v) is 6.83. The molecule has 3 aromatic heterocycles. The summed E-state index contributed by atoms with van der Waals surface area (Å²) in [6.45, 7) is 0. The Labute approximate surface area is 165 Å². The van der Waals surface area contributed by atoms with Gasteiger partial charge in [-0.3, -0.25) is 10.1 Å². The monoisotopic (exact) mass is 416 g/mol. The van der Waals surface area contributed by atoms with Crippen LogP contribution in [0.4, 0.5) is 18.3 Å². The minimum atomic E-state index is -4.48. The number of nitrogens with one attached hydrogen (secondary N) is 1. The minimum Gasteiger partial charge on any atom is -0.296 e. The highest BCUT2D eigenvalue weighted by atomic mass is 32.1. The van der Waals surface area contributed by atoms with Crippen LogP contribution in [-0.2, 0) is 6.18 Å². The molecule has 1 N–H and O–H groups in total. The first-order valence-corrected chi connectivity index (χ1v) is 9.00. The van der Waals surface area contributed by atoms with Gasteiger partial charge < -0.3 is 0 Å². The fourth-order valence-corrected chi connectivity index (χ4v) is 3.21. The molecule has 29 heavy (non-hydrogen) atoms. The van der Waals surface area contributed by atoms with Crippen LogP contribution in [0.15, 0.2) is 61.1 Å². The molecule has 3 heterocycles. The van der Waals surface area contributed by atoms with Gasteiger partial charge in [0, 0.05) is 12.4 Å². The lowest BCUT2D eigenvalue weighted by Gasteiger charge is -2.06. The Morgan fingerprint density at radius 1 is 1.03 bits per heavy atom. The third kappa shape index (κ3) is 4.14. The van der Waals surface area contributed by atoms with Gasteiger partial charge in [-0.1, -0.05) is 46.9 Å². The van der Waals surface area contributed by atoms with Crippen molar-refractivity contribution < 1.29 is 18.0 Å². The molecule has 146 valence electrons. The number of nitrogens with zero attached hydrogens (tertiary/aromatic N) is 5. The van der Waals surface area contributed by atoms with Gasteiger partial charge in [0.1, 0.15) is 0 Å². The van der Waals surface area contributed by atoms with Crippen molar-refractivity contribution in [3.05, 3.63) is 72.3 Å². The summed E-state index contributed by atoms with van der Waals surface area (Å²) in [5.41, 5.74) is 0.0744. The van der Waals surface area contributed by atoms with E-state index >= 15 is 0 Å². The number of alkyl halides is 3. The molecule has 4 aromatic rings. The van der Waals surface area contributed by atoms with Crippen molar-refractivity contribution in [2.24, 2.45) is 0 Å². The predicted octanol–water partition coefficient (Wildman–Crippen LogP) is 4.06. The molecule has 0 saturated carbocycles. The van der Waals surface area contributed by atoms with Crippen LogP contribution in [0.1, 0.15) is 16.1 Å². The number of aromatic nitrogens is 5. The molecule has 1 aromatic carbocycles. The molecule has 0 unspecified atom stereocenters. The fraction of sp³-hybridized carbons (Fsp3) is 0.0556. The quantitative estimate of drug-likeness (QED) is 0.542. The van der Waals surface area contributed by atoms with Gasteiger partial charge in [-0.05, 0) is 17.7 Å². The summed E-state index contributed by atoms with van der Waals surface area (Å²) in [4.78, 5) is 21.1. The zero-order chi connectivity index (χ0) is 20.4. The normalized spacial score (nSPS) is 11.4. The van der Waals surface area contributed by atoms with E-state index in [4.69, 9.17) is 0 Å². The number of rotatable bonds is 4. The molecular weight excluding hydrogens is 405 g/mol. The van der Waals surface area contributed by atoms with Gasteiger partial charge in [-0.15, -0.1) is 5.10 Å². The van der Waals surface area contributed by atoms with Gasteiger partial charge in [0.2, 0.25) is 0 Å². The zero-order valence-corrected chi connectivity index (χ0v) is 15.3. The SMILES string of the molecule is O=C(Nc1ncc(-c2ccccc2)s1)c1cn(-c2ccc(C(F)(F)F)cn2)nn1. The summed E-state index contributed by atoms with van der Waals surface area (Å²) in [6, 6.07) is 11.6. The number of carbonyl (C=O) groups excluding carboxylic acids is 1. The lowest BCUT2D eigenvalue weighted by molar-refractivity contribution is -0.137. The van der Waals surface area contributed by atoms with E-state index in [9.17, 15) is 18.0 Å². The van der Waals surface area contributed by atoms with Gasteiger partial charge in [-0.25, -0.2) is 14.6 Å². The molecule has 0 radical (unpaired) electrons. The molecular formula is C18H11F3N6OS. The Balaban J connectivity index is 1.47. The first kappa shape index (κ1) is 18.7. The van der Waals surface area contributed by atoms with E-state index in [0.29, 0.717) is 11.3 Å². The van der Waals surface area contributed by atoms with Gasteiger partial charge in [0.05, 0.1) is 16.6 Å². The summed E-state index contributed by atoms with van der Waals surface area (Å²) < 4.78 is 39.0. The predicted molar refractivity (Wildman–Crippen MR) is 99.7 cm³/mol. The smallest absolute Gasteiger partial charge is 0.296 e. The van der Waals surface area contributed by atoms with Crippen molar-refractivity contribution >= 4 is 22.4 Å². The Hall–Kier alpha value is -3.60. The standard InChI is InChI=1S/C18H11F3N6OS/c19-18(20,21)12-6-7-15(22-8-12)27-10-13(25-26-27)16(28)24-17-23-9-14(29-17)11-4-2-1-3-5-11/h1-10H,(H,23,24,28). The van der Waals surface area contributed by atoms with Crippen LogP contribution in [0.25, 0.3) is 16.3 Å². The summed E-state index contributed by atoms with van der Waals surface area (Å²) in [7, 11) is 0. The Kier molecular flexibility index (Phi) is 4.80. The van der Waals surface area contributed by atoms with E-state index in [0.717, 1.165) is 27.3 Å². The molecule has 0 aliphatic carbocycles. The largest absolute Gasteiger partial charge is 0.417 e. The Morgan fingerprint density at radius 2 is 1.83 bits per heavy atom. The van der Waals surface area contributed by atoms with E-state index < -0.39 is 17.6 Å². The van der Waals surface area contributed by atoms with E-state index in [1.54, 1.807) is 6.20 Å². The maximum Gasteiger partial charge on any atom is 0.417 e. The average Bonchev–Trinajstić information content (AvgIpc) is 3.38. The van der Waals surface area contributed by atoms with Crippen LogP contribution >= 0.6 is 11.3 Å². The van der Waals surface area contributed by atoms with Crippen molar-refractivity contribution in [1.82, 2.24) is 25.0 Å². The van der Waals surface area contributed by atoms with Crippen LogP contribution in [0, 0.1) is 0 Å². The topological polar surface area (TPSA) is 85.6 Å². The molecule has 0 aliphatic heterocycles. The highest BCUT2D eigenvalue weighted by molar-refractivity contribution is 7.19. The van der Waals surface area contributed by atoms with Crippen LogP contribution in [0.3, 0.4) is 0 Å². The lowest BCUT2D eigenvalue weighted by Crippen LogP contribution is -2.12. The number of amides is 1. The molecule has 4 rings (SSSR count). The average molecular weight is 416 g/mol. The second-order valence-electron chi connectivity index (χ2n) is 5.80. The maximum absolute atomic E-state index is 12.6. The highest BCUT2D eigenvalue weighted by Crippen LogP contribution is 2.29. The van der Waals surface area contributed by atoms with Crippen molar-refractivity contribution in [3.8, 4) is 16.3 Å². The molecule has 0 aliphatic rings. The van der Waals surface area contributed by atoms with Gasteiger partial charge in [0.25, 0.3) is 5.91 Å².